The van der Waals surface area contributed by atoms with Crippen molar-refractivity contribution in [2.24, 2.45) is 5.92 Å². The predicted octanol–water partition coefficient (Wildman–Crippen LogP) is 2.90. The molecule has 2 aliphatic heterocycles. The molecule has 19 heavy (non-hydrogen) atoms. The zero-order valence-corrected chi connectivity index (χ0v) is 11.2. The average Bonchev–Trinajstić information content (AvgIpc) is 2.96. The minimum absolute atomic E-state index is 0.158. The molecule has 0 saturated carbocycles. The van der Waals surface area contributed by atoms with Crippen molar-refractivity contribution in [2.45, 2.75) is 25.9 Å². The molecule has 0 spiro atoms. The van der Waals surface area contributed by atoms with Gasteiger partial charge < -0.3 is 9.64 Å². The standard InChI is InChI=1S/C16H19NO2/c1-12-14(17-9-5-6-10-17)11-15(18)19-16(12)13-7-3-2-4-8-13/h2-4,7-8,11-12,16H,5-6,9-10H2,1H3/t12-,16-/m1/s1. The Bertz CT molecular complexity index is 489. The van der Waals surface area contributed by atoms with Crippen molar-refractivity contribution in [3.63, 3.8) is 0 Å². The number of ether oxygens (including phenoxy) is 1. The van der Waals surface area contributed by atoms with E-state index in [1.165, 1.54) is 12.8 Å². The van der Waals surface area contributed by atoms with Crippen LogP contribution in [0.3, 0.4) is 0 Å². The van der Waals surface area contributed by atoms with Gasteiger partial charge in [0.25, 0.3) is 0 Å². The zero-order chi connectivity index (χ0) is 13.2. The van der Waals surface area contributed by atoms with E-state index < -0.39 is 0 Å². The summed E-state index contributed by atoms with van der Waals surface area (Å²) in [6, 6.07) is 10.0. The highest BCUT2D eigenvalue weighted by molar-refractivity contribution is 5.84. The lowest BCUT2D eigenvalue weighted by molar-refractivity contribution is -0.147. The Balaban J connectivity index is 1.88. The fourth-order valence-electron chi connectivity index (χ4n) is 3.02. The summed E-state index contributed by atoms with van der Waals surface area (Å²) in [5.41, 5.74) is 2.22. The Labute approximate surface area is 113 Å². The van der Waals surface area contributed by atoms with Gasteiger partial charge in [0.15, 0.2) is 0 Å². The average molecular weight is 257 g/mol. The lowest BCUT2D eigenvalue weighted by Crippen LogP contribution is -2.32. The van der Waals surface area contributed by atoms with Crippen LogP contribution in [0, 0.1) is 5.92 Å². The first-order valence-corrected chi connectivity index (χ1v) is 6.98. The van der Waals surface area contributed by atoms with E-state index >= 15 is 0 Å². The molecule has 1 fully saturated rings. The second-order valence-corrected chi connectivity index (χ2v) is 5.32. The number of hydrogen-bond acceptors (Lipinski definition) is 3. The molecule has 0 unspecified atom stereocenters. The molecule has 0 bridgehead atoms. The number of carbonyl (C=O) groups excluding carboxylic acids is 1. The fraction of sp³-hybridized carbons (Fsp3) is 0.438. The van der Waals surface area contributed by atoms with Gasteiger partial charge in [-0.05, 0) is 18.4 Å². The summed E-state index contributed by atoms with van der Waals surface area (Å²) in [6.07, 6.45) is 3.95. The van der Waals surface area contributed by atoms with Crippen LogP contribution in [0.25, 0.3) is 0 Å². The normalized spacial score (nSPS) is 27.1. The molecule has 2 aliphatic rings. The fourth-order valence-corrected chi connectivity index (χ4v) is 3.02. The maximum atomic E-state index is 11.8. The number of hydrogen-bond donors (Lipinski definition) is 0. The number of nitrogens with zero attached hydrogens (tertiary/aromatic N) is 1. The molecule has 3 heteroatoms. The molecule has 0 amide bonds. The first-order chi connectivity index (χ1) is 9.25. The van der Waals surface area contributed by atoms with Crippen molar-refractivity contribution in [1.82, 2.24) is 4.90 Å². The molecule has 2 heterocycles. The summed E-state index contributed by atoms with van der Waals surface area (Å²) >= 11 is 0. The highest BCUT2D eigenvalue weighted by atomic mass is 16.5. The minimum Gasteiger partial charge on any atom is -0.454 e. The second kappa shape index (κ2) is 5.08. The van der Waals surface area contributed by atoms with Crippen LogP contribution < -0.4 is 0 Å². The van der Waals surface area contributed by atoms with Crippen molar-refractivity contribution in [1.29, 1.82) is 0 Å². The lowest BCUT2D eigenvalue weighted by Gasteiger charge is -2.34. The van der Waals surface area contributed by atoms with E-state index in [0.29, 0.717) is 0 Å². The summed E-state index contributed by atoms with van der Waals surface area (Å²) in [5.74, 6) is 0.00653. The molecule has 0 aliphatic carbocycles. The van der Waals surface area contributed by atoms with Crippen LogP contribution in [-0.4, -0.2) is 24.0 Å². The van der Waals surface area contributed by atoms with Crippen molar-refractivity contribution >= 4 is 5.97 Å². The summed E-state index contributed by atoms with van der Waals surface area (Å²) in [7, 11) is 0. The van der Waals surface area contributed by atoms with E-state index in [1.807, 2.05) is 30.3 Å². The first-order valence-electron chi connectivity index (χ1n) is 6.98. The van der Waals surface area contributed by atoms with Gasteiger partial charge in [0, 0.05) is 30.8 Å². The van der Waals surface area contributed by atoms with Crippen molar-refractivity contribution in [3.8, 4) is 0 Å². The predicted molar refractivity (Wildman–Crippen MR) is 73.3 cm³/mol. The third-order valence-corrected chi connectivity index (χ3v) is 4.03. The summed E-state index contributed by atoms with van der Waals surface area (Å²) < 4.78 is 5.53. The Hall–Kier alpha value is -1.77. The number of cyclic esters (lactones) is 1. The highest BCUT2D eigenvalue weighted by Gasteiger charge is 2.33. The van der Waals surface area contributed by atoms with E-state index in [2.05, 4.69) is 11.8 Å². The van der Waals surface area contributed by atoms with E-state index in [0.717, 1.165) is 24.4 Å². The molecule has 3 nitrogen and oxygen atoms in total. The van der Waals surface area contributed by atoms with Gasteiger partial charge in [0.1, 0.15) is 6.10 Å². The monoisotopic (exact) mass is 257 g/mol. The van der Waals surface area contributed by atoms with E-state index in [1.54, 1.807) is 6.08 Å². The van der Waals surface area contributed by atoms with Crippen LogP contribution in [0.1, 0.15) is 31.4 Å². The van der Waals surface area contributed by atoms with Crippen LogP contribution in [-0.2, 0) is 9.53 Å². The number of benzene rings is 1. The van der Waals surface area contributed by atoms with Crippen LogP contribution in [0.15, 0.2) is 42.1 Å². The maximum Gasteiger partial charge on any atom is 0.333 e. The van der Waals surface area contributed by atoms with Crippen molar-refractivity contribution < 1.29 is 9.53 Å². The summed E-state index contributed by atoms with van der Waals surface area (Å²) in [4.78, 5) is 14.2. The van der Waals surface area contributed by atoms with Gasteiger partial charge in [0.05, 0.1) is 0 Å². The minimum atomic E-state index is -0.214. The Morgan fingerprint density at radius 3 is 2.53 bits per heavy atom. The van der Waals surface area contributed by atoms with Crippen molar-refractivity contribution in [2.75, 3.05) is 13.1 Å². The smallest absolute Gasteiger partial charge is 0.333 e. The Morgan fingerprint density at radius 1 is 1.16 bits per heavy atom. The zero-order valence-electron chi connectivity index (χ0n) is 11.2. The van der Waals surface area contributed by atoms with Crippen LogP contribution in [0.4, 0.5) is 0 Å². The van der Waals surface area contributed by atoms with Crippen LogP contribution in [0.5, 0.6) is 0 Å². The third kappa shape index (κ3) is 2.37. The number of rotatable bonds is 2. The molecule has 1 aromatic rings. The topological polar surface area (TPSA) is 29.5 Å². The number of esters is 1. The quantitative estimate of drug-likeness (QED) is 0.763. The maximum absolute atomic E-state index is 11.8. The molecule has 100 valence electrons. The van der Waals surface area contributed by atoms with Gasteiger partial charge in [-0.2, -0.15) is 0 Å². The molecule has 2 atom stereocenters. The van der Waals surface area contributed by atoms with E-state index in [4.69, 9.17) is 4.74 Å². The molecular weight excluding hydrogens is 238 g/mol. The summed E-state index contributed by atoms with van der Waals surface area (Å²) in [5, 5.41) is 0. The second-order valence-electron chi connectivity index (χ2n) is 5.32. The lowest BCUT2D eigenvalue weighted by atomic mass is 9.91. The van der Waals surface area contributed by atoms with Gasteiger partial charge in [-0.1, -0.05) is 37.3 Å². The van der Waals surface area contributed by atoms with E-state index in [-0.39, 0.29) is 18.0 Å². The highest BCUT2D eigenvalue weighted by Crippen LogP contribution is 2.37. The van der Waals surface area contributed by atoms with Gasteiger partial charge in [-0.3, -0.25) is 0 Å². The Kier molecular flexibility index (Phi) is 3.28. The number of carbonyl (C=O) groups is 1. The largest absolute Gasteiger partial charge is 0.454 e. The van der Waals surface area contributed by atoms with Crippen LogP contribution in [0.2, 0.25) is 0 Å². The summed E-state index contributed by atoms with van der Waals surface area (Å²) in [6.45, 7) is 4.27. The number of likely N-dealkylation sites (tertiary alicyclic amines) is 1. The third-order valence-electron chi connectivity index (χ3n) is 4.03. The molecule has 0 N–H and O–H groups in total. The molecular formula is C16H19NO2. The SMILES string of the molecule is C[C@@H]1C(N2CCCC2)=CC(=O)O[C@H]1c1ccccc1. The van der Waals surface area contributed by atoms with Gasteiger partial charge in [-0.25, -0.2) is 4.79 Å². The Morgan fingerprint density at radius 2 is 1.84 bits per heavy atom. The van der Waals surface area contributed by atoms with Crippen LogP contribution >= 0.6 is 0 Å². The molecule has 1 aromatic carbocycles. The van der Waals surface area contributed by atoms with E-state index in [9.17, 15) is 4.79 Å². The molecule has 1 saturated heterocycles. The van der Waals surface area contributed by atoms with Gasteiger partial charge in [-0.15, -0.1) is 0 Å². The van der Waals surface area contributed by atoms with Crippen molar-refractivity contribution in [3.05, 3.63) is 47.7 Å². The molecule has 0 aromatic heterocycles. The molecule has 3 rings (SSSR count). The molecule has 0 radical (unpaired) electrons. The van der Waals surface area contributed by atoms with Gasteiger partial charge >= 0.3 is 5.97 Å². The first kappa shape index (κ1) is 12.3. The van der Waals surface area contributed by atoms with Gasteiger partial charge in [0.2, 0.25) is 0 Å².